The minimum atomic E-state index is 0.468. The summed E-state index contributed by atoms with van der Waals surface area (Å²) in [6.07, 6.45) is 0.711. The molecule has 5 aromatic rings. The molecule has 166 valence electrons. The number of fused-ring (bicyclic) bond motifs is 1. The Bertz CT molecular complexity index is 1470. The van der Waals surface area contributed by atoms with Gasteiger partial charge in [-0.15, -0.1) is 16.4 Å². The smallest absolute Gasteiger partial charge is 0.249 e. The molecule has 0 amide bonds. The van der Waals surface area contributed by atoms with Crippen LogP contribution in [0.25, 0.3) is 16.2 Å². The van der Waals surface area contributed by atoms with Crippen LogP contribution in [0.5, 0.6) is 0 Å². The second kappa shape index (κ2) is 8.74. The van der Waals surface area contributed by atoms with Crippen LogP contribution in [0, 0.1) is 20.8 Å². The van der Waals surface area contributed by atoms with Crippen LogP contribution in [0.4, 0.5) is 11.8 Å². The lowest BCUT2D eigenvalue weighted by Gasteiger charge is -2.13. The third-order valence-corrected chi connectivity index (χ3v) is 6.71. The maximum absolute atomic E-state index is 6.43. The van der Waals surface area contributed by atoms with Crippen LogP contribution >= 0.6 is 34.5 Å². The van der Waals surface area contributed by atoms with Crippen molar-refractivity contribution in [3.05, 3.63) is 86.1 Å². The minimum Gasteiger partial charge on any atom is -0.307 e. The molecular weight excluding hydrogens is 475 g/mol. The molecule has 0 saturated heterocycles. The summed E-state index contributed by atoms with van der Waals surface area (Å²) in [6, 6.07) is 13.9. The fraction of sp³-hybridized carbons (Fsp3) is 0.167. The van der Waals surface area contributed by atoms with Crippen molar-refractivity contribution in [2.24, 2.45) is 0 Å². The van der Waals surface area contributed by atoms with E-state index in [4.69, 9.17) is 23.2 Å². The van der Waals surface area contributed by atoms with E-state index in [9.17, 15) is 0 Å². The Morgan fingerprint density at radius 1 is 0.970 bits per heavy atom. The van der Waals surface area contributed by atoms with Gasteiger partial charge in [-0.25, -0.2) is 14.5 Å². The normalized spacial score (nSPS) is 11.3. The van der Waals surface area contributed by atoms with Gasteiger partial charge in [-0.1, -0.05) is 53.0 Å². The number of hydrogen-bond donors (Lipinski definition) is 1. The zero-order valence-corrected chi connectivity index (χ0v) is 20.6. The van der Waals surface area contributed by atoms with Gasteiger partial charge >= 0.3 is 0 Å². The van der Waals surface area contributed by atoms with E-state index in [0.29, 0.717) is 34.1 Å². The number of thiazole rings is 1. The second-order valence-corrected chi connectivity index (χ2v) is 9.53. The highest BCUT2D eigenvalue weighted by atomic mass is 35.5. The van der Waals surface area contributed by atoms with Crippen molar-refractivity contribution in [3.8, 4) is 11.3 Å². The van der Waals surface area contributed by atoms with E-state index in [1.807, 2.05) is 31.4 Å². The van der Waals surface area contributed by atoms with Gasteiger partial charge in [0.2, 0.25) is 10.9 Å². The van der Waals surface area contributed by atoms with Crippen LogP contribution in [0.2, 0.25) is 10.0 Å². The molecule has 2 aromatic carbocycles. The molecule has 0 aliphatic rings. The highest BCUT2D eigenvalue weighted by Gasteiger charge is 2.17. The molecule has 6 nitrogen and oxygen atoms in total. The molecule has 0 bridgehead atoms. The summed E-state index contributed by atoms with van der Waals surface area (Å²) in [4.78, 5) is 14.6. The van der Waals surface area contributed by atoms with Gasteiger partial charge in [0.1, 0.15) is 11.6 Å². The maximum atomic E-state index is 6.43. The molecule has 0 saturated carbocycles. The lowest BCUT2D eigenvalue weighted by atomic mass is 10.0. The molecule has 0 spiro atoms. The minimum absolute atomic E-state index is 0.468. The Morgan fingerprint density at radius 2 is 1.76 bits per heavy atom. The number of benzene rings is 2. The van der Waals surface area contributed by atoms with Crippen molar-refractivity contribution in [1.29, 1.82) is 0 Å². The molecule has 0 aliphatic carbocycles. The second-order valence-electron chi connectivity index (χ2n) is 7.85. The van der Waals surface area contributed by atoms with Crippen LogP contribution in [-0.2, 0) is 6.42 Å². The molecule has 3 aromatic heterocycles. The van der Waals surface area contributed by atoms with E-state index in [1.54, 1.807) is 10.6 Å². The Kier molecular flexibility index (Phi) is 5.78. The predicted molar refractivity (Wildman–Crippen MR) is 135 cm³/mol. The number of anilines is 2. The molecule has 0 aliphatic heterocycles. The van der Waals surface area contributed by atoms with Gasteiger partial charge < -0.3 is 5.32 Å². The molecular formula is C24H20Cl2N6S. The Labute approximate surface area is 205 Å². The molecule has 9 heteroatoms. The van der Waals surface area contributed by atoms with E-state index in [-0.39, 0.29) is 0 Å². The van der Waals surface area contributed by atoms with Gasteiger partial charge in [-0.2, -0.15) is 4.98 Å². The first-order valence-corrected chi connectivity index (χ1v) is 12.0. The monoisotopic (exact) mass is 494 g/mol. The van der Waals surface area contributed by atoms with Gasteiger partial charge in [0.25, 0.3) is 0 Å². The average molecular weight is 495 g/mol. The fourth-order valence-corrected chi connectivity index (χ4v) is 5.01. The topological polar surface area (TPSA) is 68.0 Å². The lowest BCUT2D eigenvalue weighted by molar-refractivity contribution is 0.952. The van der Waals surface area contributed by atoms with Crippen LogP contribution in [0.3, 0.4) is 0 Å². The van der Waals surface area contributed by atoms with Gasteiger partial charge in [0.05, 0.1) is 10.7 Å². The van der Waals surface area contributed by atoms with Gasteiger partial charge in [-0.05, 0) is 44.5 Å². The van der Waals surface area contributed by atoms with Crippen molar-refractivity contribution >= 4 is 51.3 Å². The summed E-state index contributed by atoms with van der Waals surface area (Å²) in [5.41, 5.74) is 6.07. The zero-order chi connectivity index (χ0) is 23.1. The Balaban J connectivity index is 1.51. The van der Waals surface area contributed by atoms with Gasteiger partial charge in [0, 0.05) is 33.6 Å². The molecule has 0 unspecified atom stereocenters. The van der Waals surface area contributed by atoms with Crippen molar-refractivity contribution < 1.29 is 0 Å². The summed E-state index contributed by atoms with van der Waals surface area (Å²) < 4.78 is 1.78. The third kappa shape index (κ3) is 4.44. The number of nitrogens with zero attached hydrogens (tertiary/aromatic N) is 5. The molecule has 33 heavy (non-hydrogen) atoms. The summed E-state index contributed by atoms with van der Waals surface area (Å²) in [6.45, 7) is 5.97. The number of aromatic nitrogens is 5. The van der Waals surface area contributed by atoms with E-state index in [1.165, 1.54) is 22.5 Å². The first kappa shape index (κ1) is 21.8. The predicted octanol–water partition coefficient (Wildman–Crippen LogP) is 6.81. The Hall–Kier alpha value is -3.00. The van der Waals surface area contributed by atoms with Gasteiger partial charge in [-0.3, -0.25) is 0 Å². The van der Waals surface area contributed by atoms with E-state index in [2.05, 4.69) is 56.6 Å². The highest BCUT2D eigenvalue weighted by molar-refractivity contribution is 7.15. The molecule has 3 heterocycles. The first-order chi connectivity index (χ1) is 15.9. The van der Waals surface area contributed by atoms with Crippen molar-refractivity contribution in [2.75, 3.05) is 5.32 Å². The molecule has 0 atom stereocenters. The number of nitrogens with one attached hydrogen (secondary N) is 1. The van der Waals surface area contributed by atoms with E-state index >= 15 is 0 Å². The number of halogens is 2. The largest absolute Gasteiger partial charge is 0.307 e. The van der Waals surface area contributed by atoms with Crippen LogP contribution < -0.4 is 5.32 Å². The van der Waals surface area contributed by atoms with Crippen molar-refractivity contribution in [1.82, 2.24) is 24.6 Å². The van der Waals surface area contributed by atoms with E-state index in [0.717, 1.165) is 27.5 Å². The molecule has 0 radical (unpaired) electrons. The quantitative estimate of drug-likeness (QED) is 0.290. The maximum Gasteiger partial charge on any atom is 0.249 e. The fourth-order valence-electron chi connectivity index (χ4n) is 3.68. The molecule has 5 rings (SSSR count). The summed E-state index contributed by atoms with van der Waals surface area (Å²) in [5.74, 6) is 1.87. The van der Waals surface area contributed by atoms with Crippen molar-refractivity contribution in [2.45, 2.75) is 27.2 Å². The number of rotatable bonds is 5. The average Bonchev–Trinajstić information content (AvgIpc) is 3.32. The summed E-state index contributed by atoms with van der Waals surface area (Å²) >= 11 is 14.0. The molecule has 0 fully saturated rings. The summed E-state index contributed by atoms with van der Waals surface area (Å²) in [5, 5.41) is 11.1. The van der Waals surface area contributed by atoms with Crippen LogP contribution in [0.15, 0.2) is 47.8 Å². The highest BCUT2D eigenvalue weighted by Crippen LogP contribution is 2.33. The molecule has 1 N–H and O–H groups in total. The first-order valence-electron chi connectivity index (χ1n) is 10.3. The van der Waals surface area contributed by atoms with Gasteiger partial charge in [0.15, 0.2) is 0 Å². The van der Waals surface area contributed by atoms with Crippen molar-refractivity contribution in [3.63, 3.8) is 0 Å². The number of aryl methyl sites for hydroxylation is 3. The Morgan fingerprint density at radius 3 is 2.52 bits per heavy atom. The zero-order valence-electron chi connectivity index (χ0n) is 18.2. The van der Waals surface area contributed by atoms with Crippen LogP contribution in [0.1, 0.15) is 28.2 Å². The lowest BCUT2D eigenvalue weighted by Crippen LogP contribution is -2.07. The van der Waals surface area contributed by atoms with E-state index < -0.39 is 0 Å². The van der Waals surface area contributed by atoms with Crippen LogP contribution in [-0.4, -0.2) is 24.6 Å². The third-order valence-electron chi connectivity index (χ3n) is 5.35. The summed E-state index contributed by atoms with van der Waals surface area (Å²) in [7, 11) is 0. The SMILES string of the molecule is Cc1ccc(Cc2c(C)nc(C)nc2Nc2nc3scc(-c4ccc(Cl)cc4Cl)n3n2)cc1. The standard InChI is InChI=1S/C24H20Cl2N6S/c1-13-4-6-16(7-5-13)10-19-14(2)27-15(3)28-22(19)29-23-30-24-32(31-23)21(12-33-24)18-9-8-17(25)11-20(18)26/h4-9,11-12H,10H2,1-3H3,(H,27,28,29,31). The number of hydrogen-bond acceptors (Lipinski definition) is 6.